The first-order valence-corrected chi connectivity index (χ1v) is 17.1. The van der Waals surface area contributed by atoms with Crippen LogP contribution in [-0.4, -0.2) is 44.0 Å². The first-order chi connectivity index (χ1) is 21.5. The SMILES string of the molecule is CC1CCC(C(=O)N(c2cc(-c3ccccc3)sc2C(=O)OC(OC(=O)C(C)(C)C)c2ccccc2)C2CC[NH+](C)CC2)CC1. The number of nitrogens with one attached hydrogen (secondary N) is 1. The van der Waals surface area contributed by atoms with Crippen LogP contribution in [0, 0.1) is 17.3 Å². The first kappa shape index (κ1) is 32.9. The van der Waals surface area contributed by atoms with Gasteiger partial charge in [0.05, 0.1) is 31.2 Å². The van der Waals surface area contributed by atoms with Crippen LogP contribution in [0.2, 0.25) is 0 Å². The Labute approximate surface area is 271 Å². The monoisotopic (exact) mass is 631 g/mol. The lowest BCUT2D eigenvalue weighted by atomic mass is 9.82. The Morgan fingerprint density at radius 3 is 2.07 bits per heavy atom. The minimum absolute atomic E-state index is 0.00559. The van der Waals surface area contributed by atoms with E-state index in [9.17, 15) is 14.4 Å². The van der Waals surface area contributed by atoms with Crippen molar-refractivity contribution in [2.75, 3.05) is 25.0 Å². The first-order valence-electron chi connectivity index (χ1n) is 16.3. The largest absolute Gasteiger partial charge is 0.420 e. The molecule has 1 amide bonds. The van der Waals surface area contributed by atoms with Gasteiger partial charge in [-0.3, -0.25) is 9.59 Å². The van der Waals surface area contributed by atoms with Gasteiger partial charge in [-0.05, 0) is 64.0 Å². The van der Waals surface area contributed by atoms with E-state index in [1.807, 2.05) is 59.5 Å². The van der Waals surface area contributed by atoms with Gasteiger partial charge in [0.25, 0.3) is 6.29 Å². The second-order valence-electron chi connectivity index (χ2n) is 13.8. The zero-order chi connectivity index (χ0) is 32.1. The molecule has 1 atom stereocenters. The number of rotatable bonds is 8. The summed E-state index contributed by atoms with van der Waals surface area (Å²) in [5, 5.41) is 0. The van der Waals surface area contributed by atoms with Crippen molar-refractivity contribution < 1.29 is 28.8 Å². The molecule has 1 saturated heterocycles. The topological polar surface area (TPSA) is 77.3 Å². The molecular formula is C37H47N2O5S+. The normalized spacial score (nSPS) is 22.7. The zero-order valence-corrected chi connectivity index (χ0v) is 28.0. The molecule has 8 heteroatoms. The number of nitrogens with zero attached hydrogens (tertiary/aromatic N) is 1. The van der Waals surface area contributed by atoms with Crippen LogP contribution in [0.4, 0.5) is 5.69 Å². The number of anilines is 1. The number of ether oxygens (including phenoxy) is 2. The quantitative estimate of drug-likeness (QED) is 0.221. The molecule has 2 heterocycles. The van der Waals surface area contributed by atoms with Crippen LogP contribution in [0.5, 0.6) is 0 Å². The summed E-state index contributed by atoms with van der Waals surface area (Å²) < 4.78 is 11.9. The third kappa shape index (κ3) is 8.03. The zero-order valence-electron chi connectivity index (χ0n) is 27.2. The van der Waals surface area contributed by atoms with Gasteiger partial charge in [-0.25, -0.2) is 4.79 Å². The minimum Gasteiger partial charge on any atom is -0.420 e. The molecule has 7 nitrogen and oxygen atoms in total. The van der Waals surface area contributed by atoms with Gasteiger partial charge < -0.3 is 19.3 Å². The number of thiophene rings is 1. The molecule has 240 valence electrons. The predicted octanol–water partition coefficient (Wildman–Crippen LogP) is 6.70. The van der Waals surface area contributed by atoms with Gasteiger partial charge in [0.1, 0.15) is 4.88 Å². The van der Waals surface area contributed by atoms with Crippen molar-refractivity contribution in [3.63, 3.8) is 0 Å². The van der Waals surface area contributed by atoms with E-state index in [4.69, 9.17) is 9.47 Å². The second kappa shape index (κ2) is 14.3. The molecule has 2 fully saturated rings. The van der Waals surface area contributed by atoms with E-state index < -0.39 is 23.6 Å². The predicted molar refractivity (Wildman–Crippen MR) is 178 cm³/mol. The molecule has 2 aromatic carbocycles. The molecule has 1 saturated carbocycles. The van der Waals surface area contributed by atoms with E-state index in [1.54, 1.807) is 32.9 Å². The minimum atomic E-state index is -1.23. The number of quaternary nitrogens is 1. The number of hydrogen-bond donors (Lipinski definition) is 1. The van der Waals surface area contributed by atoms with Crippen LogP contribution in [0.1, 0.15) is 87.7 Å². The van der Waals surface area contributed by atoms with Gasteiger partial charge in [-0.15, -0.1) is 11.3 Å². The van der Waals surface area contributed by atoms with Crippen molar-refractivity contribution in [2.24, 2.45) is 17.3 Å². The van der Waals surface area contributed by atoms with Crippen LogP contribution >= 0.6 is 11.3 Å². The summed E-state index contributed by atoms with van der Waals surface area (Å²) in [7, 11) is 2.19. The number of esters is 2. The van der Waals surface area contributed by atoms with Crippen LogP contribution in [0.25, 0.3) is 10.4 Å². The smallest absolute Gasteiger partial charge is 0.353 e. The molecule has 0 bridgehead atoms. The summed E-state index contributed by atoms with van der Waals surface area (Å²) in [6.07, 6.45) is 4.30. The summed E-state index contributed by atoms with van der Waals surface area (Å²) in [5.41, 5.74) is 1.34. The maximum atomic E-state index is 14.5. The second-order valence-corrected chi connectivity index (χ2v) is 14.9. The Kier molecular flexibility index (Phi) is 10.4. The van der Waals surface area contributed by atoms with Crippen molar-refractivity contribution in [1.29, 1.82) is 0 Å². The van der Waals surface area contributed by atoms with Gasteiger partial charge in [0, 0.05) is 35.2 Å². The van der Waals surface area contributed by atoms with E-state index >= 15 is 0 Å². The summed E-state index contributed by atoms with van der Waals surface area (Å²) in [5.74, 6) is -0.422. The van der Waals surface area contributed by atoms with Crippen molar-refractivity contribution in [3.05, 3.63) is 77.2 Å². The summed E-state index contributed by atoms with van der Waals surface area (Å²) >= 11 is 1.33. The Balaban J connectivity index is 1.56. The third-order valence-corrected chi connectivity index (χ3v) is 10.3. The van der Waals surface area contributed by atoms with Crippen molar-refractivity contribution >= 4 is 34.9 Å². The van der Waals surface area contributed by atoms with Crippen LogP contribution < -0.4 is 9.80 Å². The molecule has 0 spiro atoms. The highest BCUT2D eigenvalue weighted by molar-refractivity contribution is 7.18. The van der Waals surface area contributed by atoms with E-state index in [-0.39, 0.29) is 17.9 Å². The van der Waals surface area contributed by atoms with Crippen molar-refractivity contribution in [3.8, 4) is 10.4 Å². The maximum absolute atomic E-state index is 14.5. The molecule has 1 aliphatic heterocycles. The van der Waals surface area contributed by atoms with Gasteiger partial charge in [-0.2, -0.15) is 0 Å². The number of piperidine rings is 1. The molecule has 3 aromatic rings. The molecule has 2 aliphatic rings. The maximum Gasteiger partial charge on any atom is 0.353 e. The number of carbonyl (C=O) groups is 3. The average Bonchev–Trinajstić information content (AvgIpc) is 3.47. The van der Waals surface area contributed by atoms with Crippen molar-refractivity contribution in [2.45, 2.75) is 78.6 Å². The molecule has 1 aromatic heterocycles. The number of hydrogen-bond acceptors (Lipinski definition) is 6. The van der Waals surface area contributed by atoms with E-state index in [0.29, 0.717) is 22.0 Å². The standard InChI is InChI=1S/C37H46N2O5S/c1-25-16-18-27(19-17-25)33(40)39(29-20-22-38(5)23-21-29)30-24-31(26-12-8-6-9-13-26)45-32(30)34(41)43-35(28-14-10-7-11-15-28)44-36(42)37(2,3)4/h6-15,24-25,27,29,35H,16-23H2,1-5H3/p+1. The number of likely N-dealkylation sites (tertiary alicyclic amines) is 1. The molecule has 1 N–H and O–H groups in total. The highest BCUT2D eigenvalue weighted by Gasteiger charge is 2.39. The lowest BCUT2D eigenvalue weighted by Gasteiger charge is -2.38. The summed E-state index contributed by atoms with van der Waals surface area (Å²) in [4.78, 5) is 46.4. The number of carbonyl (C=O) groups excluding carboxylic acids is 3. The van der Waals surface area contributed by atoms with Crippen LogP contribution in [0.3, 0.4) is 0 Å². The van der Waals surface area contributed by atoms with Gasteiger partial charge in [0.15, 0.2) is 0 Å². The fourth-order valence-corrected chi connectivity index (χ4v) is 7.24. The van der Waals surface area contributed by atoms with Crippen LogP contribution in [-0.2, 0) is 19.1 Å². The Morgan fingerprint density at radius 1 is 0.867 bits per heavy atom. The molecule has 1 unspecified atom stereocenters. The molecule has 5 rings (SSSR count). The van der Waals surface area contributed by atoms with Gasteiger partial charge >= 0.3 is 11.9 Å². The molecular weight excluding hydrogens is 584 g/mol. The highest BCUT2D eigenvalue weighted by atomic mass is 32.1. The number of benzene rings is 2. The van der Waals surface area contributed by atoms with Crippen molar-refractivity contribution in [1.82, 2.24) is 0 Å². The highest BCUT2D eigenvalue weighted by Crippen LogP contribution is 2.42. The van der Waals surface area contributed by atoms with Gasteiger partial charge in [-0.1, -0.05) is 67.6 Å². The van der Waals surface area contributed by atoms with E-state index in [2.05, 4.69) is 14.0 Å². The van der Waals surface area contributed by atoms with E-state index in [0.717, 1.165) is 62.1 Å². The van der Waals surface area contributed by atoms with Gasteiger partial charge in [0.2, 0.25) is 5.91 Å². The Bertz CT molecular complexity index is 1450. The summed E-state index contributed by atoms with van der Waals surface area (Å²) in [6, 6.07) is 20.9. The third-order valence-electron chi connectivity index (χ3n) is 9.10. The lowest BCUT2D eigenvalue weighted by molar-refractivity contribution is -0.884. The Hall–Kier alpha value is -3.49. The Morgan fingerprint density at radius 2 is 1.47 bits per heavy atom. The summed E-state index contributed by atoms with van der Waals surface area (Å²) in [6.45, 7) is 9.48. The molecule has 0 radical (unpaired) electrons. The van der Waals surface area contributed by atoms with E-state index in [1.165, 1.54) is 16.2 Å². The van der Waals surface area contributed by atoms with Crippen LogP contribution in [0.15, 0.2) is 66.7 Å². The number of amides is 1. The molecule has 1 aliphatic carbocycles. The average molecular weight is 632 g/mol. The fourth-order valence-electron chi connectivity index (χ4n) is 6.20. The lowest BCUT2D eigenvalue weighted by Crippen LogP contribution is -3.10. The fraction of sp³-hybridized carbons (Fsp3) is 0.486. The molecule has 45 heavy (non-hydrogen) atoms.